The van der Waals surface area contributed by atoms with Crippen LogP contribution in [-0.4, -0.2) is 9.97 Å². The molecule has 122 valence electrons. The Labute approximate surface area is 142 Å². The Bertz CT molecular complexity index is 861. The average molecular weight is 348 g/mol. The Hall–Kier alpha value is -2.73. The van der Waals surface area contributed by atoms with Crippen molar-refractivity contribution in [3.8, 4) is 11.6 Å². The Morgan fingerprint density at radius 3 is 2.75 bits per heavy atom. The summed E-state index contributed by atoms with van der Waals surface area (Å²) in [5.74, 6) is 0.262. The molecule has 3 rings (SSSR count). The first kappa shape index (κ1) is 16.1. The summed E-state index contributed by atoms with van der Waals surface area (Å²) >= 11 is 5.90. The topological polar surface area (TPSA) is 47.0 Å². The molecule has 1 heterocycles. The van der Waals surface area contributed by atoms with Gasteiger partial charge in [-0.25, -0.2) is 18.7 Å². The van der Waals surface area contributed by atoms with Gasteiger partial charge in [0.15, 0.2) is 0 Å². The highest BCUT2D eigenvalue weighted by Gasteiger charge is 2.06. The Morgan fingerprint density at radius 1 is 1.04 bits per heavy atom. The Morgan fingerprint density at radius 2 is 1.92 bits per heavy atom. The lowest BCUT2D eigenvalue weighted by atomic mass is 10.2. The molecule has 0 saturated carbocycles. The van der Waals surface area contributed by atoms with Crippen LogP contribution in [0.5, 0.6) is 11.6 Å². The van der Waals surface area contributed by atoms with Gasteiger partial charge in [-0.05, 0) is 36.4 Å². The van der Waals surface area contributed by atoms with Crippen LogP contribution >= 0.6 is 11.6 Å². The molecule has 0 spiro atoms. The van der Waals surface area contributed by atoms with Gasteiger partial charge in [-0.15, -0.1) is 0 Å². The minimum Gasteiger partial charge on any atom is -0.439 e. The zero-order chi connectivity index (χ0) is 16.9. The zero-order valence-corrected chi connectivity index (χ0v) is 13.1. The van der Waals surface area contributed by atoms with E-state index < -0.39 is 11.6 Å². The van der Waals surface area contributed by atoms with Gasteiger partial charge in [0, 0.05) is 23.2 Å². The molecule has 0 aliphatic heterocycles. The number of nitrogens with zero attached hydrogens (tertiary/aromatic N) is 2. The van der Waals surface area contributed by atoms with Gasteiger partial charge in [-0.2, -0.15) is 0 Å². The van der Waals surface area contributed by atoms with Crippen LogP contribution in [0.4, 0.5) is 14.6 Å². The Kier molecular flexibility index (Phi) is 4.86. The number of hydrogen-bond acceptors (Lipinski definition) is 4. The number of aromatic nitrogens is 2. The van der Waals surface area contributed by atoms with Crippen molar-refractivity contribution in [3.05, 3.63) is 77.1 Å². The fourth-order valence-corrected chi connectivity index (χ4v) is 2.19. The number of benzene rings is 2. The molecule has 3 aromatic rings. The third kappa shape index (κ3) is 4.17. The van der Waals surface area contributed by atoms with Gasteiger partial charge in [-0.3, -0.25) is 0 Å². The predicted octanol–water partition coefficient (Wildman–Crippen LogP) is 4.81. The first-order valence-corrected chi connectivity index (χ1v) is 7.41. The Balaban J connectivity index is 1.70. The standard InChI is InChI=1S/C17H12ClF2N3O/c18-12-2-1-3-14(7-12)24-17-8-16(22-10-23-17)21-9-11-6-13(19)4-5-15(11)20/h1-8,10H,9H2,(H,21,22,23). The van der Waals surface area contributed by atoms with Crippen molar-refractivity contribution in [2.24, 2.45) is 0 Å². The molecule has 0 unspecified atom stereocenters. The van der Waals surface area contributed by atoms with Crippen LogP contribution in [-0.2, 0) is 6.54 Å². The van der Waals surface area contributed by atoms with E-state index in [0.717, 1.165) is 18.2 Å². The SMILES string of the molecule is Fc1ccc(F)c(CNc2cc(Oc3cccc(Cl)c3)ncn2)c1. The van der Waals surface area contributed by atoms with Crippen molar-refractivity contribution in [1.82, 2.24) is 9.97 Å². The van der Waals surface area contributed by atoms with E-state index in [0.29, 0.717) is 22.5 Å². The molecule has 0 radical (unpaired) electrons. The van der Waals surface area contributed by atoms with Gasteiger partial charge in [0.25, 0.3) is 0 Å². The maximum absolute atomic E-state index is 13.6. The molecule has 2 aromatic carbocycles. The van der Waals surface area contributed by atoms with E-state index in [2.05, 4.69) is 15.3 Å². The highest BCUT2D eigenvalue weighted by Crippen LogP contribution is 2.23. The van der Waals surface area contributed by atoms with Crippen LogP contribution in [0.3, 0.4) is 0 Å². The highest BCUT2D eigenvalue weighted by atomic mass is 35.5. The van der Waals surface area contributed by atoms with E-state index in [1.54, 1.807) is 30.3 Å². The predicted molar refractivity (Wildman–Crippen MR) is 87.2 cm³/mol. The maximum atomic E-state index is 13.6. The molecule has 0 aliphatic rings. The molecule has 4 nitrogen and oxygen atoms in total. The largest absolute Gasteiger partial charge is 0.439 e. The van der Waals surface area contributed by atoms with Crippen molar-refractivity contribution in [1.29, 1.82) is 0 Å². The van der Waals surface area contributed by atoms with Crippen LogP contribution < -0.4 is 10.1 Å². The van der Waals surface area contributed by atoms with Crippen LogP contribution in [0.2, 0.25) is 5.02 Å². The smallest absolute Gasteiger partial charge is 0.224 e. The maximum Gasteiger partial charge on any atom is 0.224 e. The summed E-state index contributed by atoms with van der Waals surface area (Å²) in [6.07, 6.45) is 1.31. The van der Waals surface area contributed by atoms with Crippen LogP contribution in [0.25, 0.3) is 0 Å². The number of anilines is 1. The van der Waals surface area contributed by atoms with E-state index in [4.69, 9.17) is 16.3 Å². The quantitative estimate of drug-likeness (QED) is 0.719. The number of ether oxygens (including phenoxy) is 1. The monoisotopic (exact) mass is 347 g/mol. The van der Waals surface area contributed by atoms with Crippen molar-refractivity contribution in [3.63, 3.8) is 0 Å². The van der Waals surface area contributed by atoms with Gasteiger partial charge >= 0.3 is 0 Å². The molecular weight excluding hydrogens is 336 g/mol. The number of nitrogens with one attached hydrogen (secondary N) is 1. The third-order valence-corrected chi connectivity index (χ3v) is 3.36. The molecule has 0 bridgehead atoms. The van der Waals surface area contributed by atoms with Gasteiger partial charge < -0.3 is 10.1 Å². The summed E-state index contributed by atoms with van der Waals surface area (Å²) in [6.45, 7) is 0.0806. The second kappa shape index (κ2) is 7.23. The van der Waals surface area contributed by atoms with Crippen molar-refractivity contribution >= 4 is 17.4 Å². The van der Waals surface area contributed by atoms with Crippen molar-refractivity contribution in [2.75, 3.05) is 5.32 Å². The van der Waals surface area contributed by atoms with E-state index in [1.165, 1.54) is 6.33 Å². The second-order valence-corrected chi connectivity index (χ2v) is 5.33. The summed E-state index contributed by atoms with van der Waals surface area (Å²) in [5, 5.41) is 3.45. The van der Waals surface area contributed by atoms with Crippen molar-refractivity contribution in [2.45, 2.75) is 6.54 Å². The molecule has 7 heteroatoms. The summed E-state index contributed by atoms with van der Waals surface area (Å²) < 4.78 is 32.3. The fourth-order valence-electron chi connectivity index (χ4n) is 2.01. The molecule has 1 N–H and O–H groups in total. The van der Waals surface area contributed by atoms with Crippen LogP contribution in [0.15, 0.2) is 54.9 Å². The van der Waals surface area contributed by atoms with E-state index in [9.17, 15) is 8.78 Å². The second-order valence-electron chi connectivity index (χ2n) is 4.89. The summed E-state index contributed by atoms with van der Waals surface area (Å²) in [5.41, 5.74) is 0.200. The van der Waals surface area contributed by atoms with Crippen molar-refractivity contribution < 1.29 is 13.5 Å². The molecular formula is C17H12ClF2N3O. The summed E-state index contributed by atoms with van der Waals surface area (Å²) in [4.78, 5) is 8.02. The number of rotatable bonds is 5. The van der Waals surface area contributed by atoms with Crippen LogP contribution in [0, 0.1) is 11.6 Å². The molecule has 0 amide bonds. The van der Waals surface area contributed by atoms with Gasteiger partial charge in [0.1, 0.15) is 29.5 Å². The molecule has 1 aromatic heterocycles. The third-order valence-electron chi connectivity index (χ3n) is 3.13. The first-order valence-electron chi connectivity index (χ1n) is 7.03. The normalized spacial score (nSPS) is 10.5. The fraction of sp³-hybridized carbons (Fsp3) is 0.0588. The van der Waals surface area contributed by atoms with Gasteiger partial charge in [0.2, 0.25) is 5.88 Å². The lowest BCUT2D eigenvalue weighted by molar-refractivity contribution is 0.462. The van der Waals surface area contributed by atoms with E-state index in [1.807, 2.05) is 0 Å². The van der Waals surface area contributed by atoms with Gasteiger partial charge in [-0.1, -0.05) is 17.7 Å². The average Bonchev–Trinajstić information content (AvgIpc) is 2.56. The molecule has 24 heavy (non-hydrogen) atoms. The molecule has 0 aliphatic carbocycles. The van der Waals surface area contributed by atoms with E-state index in [-0.39, 0.29) is 12.1 Å². The lowest BCUT2D eigenvalue weighted by Gasteiger charge is -2.09. The molecule has 0 saturated heterocycles. The zero-order valence-electron chi connectivity index (χ0n) is 12.3. The van der Waals surface area contributed by atoms with Gasteiger partial charge in [0.05, 0.1) is 0 Å². The summed E-state index contributed by atoms with van der Waals surface area (Å²) in [6, 6.07) is 11.7. The molecule has 0 atom stereocenters. The minimum absolute atomic E-state index is 0.0806. The molecule has 0 fully saturated rings. The number of halogens is 3. The highest BCUT2D eigenvalue weighted by molar-refractivity contribution is 6.30. The lowest BCUT2D eigenvalue weighted by Crippen LogP contribution is -2.04. The number of hydrogen-bond donors (Lipinski definition) is 1. The first-order chi connectivity index (χ1) is 11.6. The van der Waals surface area contributed by atoms with Crippen LogP contribution in [0.1, 0.15) is 5.56 Å². The minimum atomic E-state index is -0.499. The summed E-state index contributed by atoms with van der Waals surface area (Å²) in [7, 11) is 0. The van der Waals surface area contributed by atoms with E-state index >= 15 is 0 Å².